The Hall–Kier alpha value is -1.36. The van der Waals surface area contributed by atoms with Gasteiger partial charge in [0.15, 0.2) is 0 Å². The van der Waals surface area contributed by atoms with E-state index in [2.05, 4.69) is 34.1 Å². The SMILES string of the molecule is O=C(C1CCC1)N1CCN(Cc2ccc(-c3ccc(Cl)cc3)s2)CC1. The van der Waals surface area contributed by atoms with Gasteiger partial charge in [0.25, 0.3) is 0 Å². The maximum absolute atomic E-state index is 12.3. The molecular weight excluding hydrogens is 352 g/mol. The number of hydrogen-bond acceptors (Lipinski definition) is 3. The van der Waals surface area contributed by atoms with Crippen molar-refractivity contribution in [1.82, 2.24) is 9.80 Å². The number of nitrogens with zero attached hydrogens (tertiary/aromatic N) is 2. The molecule has 25 heavy (non-hydrogen) atoms. The zero-order chi connectivity index (χ0) is 17.2. The van der Waals surface area contributed by atoms with E-state index in [0.717, 1.165) is 50.6 Å². The highest BCUT2D eigenvalue weighted by Crippen LogP contribution is 2.31. The zero-order valence-electron chi connectivity index (χ0n) is 14.3. The number of hydrogen-bond donors (Lipinski definition) is 0. The van der Waals surface area contributed by atoms with Crippen LogP contribution in [-0.2, 0) is 11.3 Å². The summed E-state index contributed by atoms with van der Waals surface area (Å²) in [4.78, 5) is 19.5. The van der Waals surface area contributed by atoms with Gasteiger partial charge in [-0.1, -0.05) is 30.2 Å². The second-order valence-corrected chi connectivity index (χ2v) is 8.61. The Morgan fingerprint density at radius 1 is 1.04 bits per heavy atom. The fourth-order valence-corrected chi connectivity index (χ4v) is 4.67. The fourth-order valence-electron chi connectivity index (χ4n) is 3.49. The number of carbonyl (C=O) groups is 1. The lowest BCUT2D eigenvalue weighted by Crippen LogP contribution is -2.50. The van der Waals surface area contributed by atoms with Gasteiger partial charge in [-0.05, 0) is 42.7 Å². The van der Waals surface area contributed by atoms with Gasteiger partial charge in [-0.2, -0.15) is 0 Å². The van der Waals surface area contributed by atoms with Gasteiger partial charge in [0.1, 0.15) is 0 Å². The van der Waals surface area contributed by atoms with Crippen molar-refractivity contribution in [3.05, 3.63) is 46.3 Å². The van der Waals surface area contributed by atoms with Gasteiger partial charge in [0, 0.05) is 53.4 Å². The lowest BCUT2D eigenvalue weighted by molar-refractivity contribution is -0.140. The summed E-state index contributed by atoms with van der Waals surface area (Å²) in [6, 6.07) is 12.4. The summed E-state index contributed by atoms with van der Waals surface area (Å²) >= 11 is 7.81. The van der Waals surface area contributed by atoms with Crippen molar-refractivity contribution in [2.24, 2.45) is 5.92 Å². The molecule has 1 aromatic carbocycles. The van der Waals surface area contributed by atoms with Gasteiger partial charge < -0.3 is 4.90 Å². The van der Waals surface area contributed by atoms with Crippen molar-refractivity contribution >= 4 is 28.8 Å². The fraction of sp³-hybridized carbons (Fsp3) is 0.450. The highest BCUT2D eigenvalue weighted by molar-refractivity contribution is 7.15. The Labute approximate surface area is 158 Å². The first-order valence-corrected chi connectivity index (χ1v) is 10.2. The molecule has 1 aliphatic heterocycles. The van der Waals surface area contributed by atoms with Crippen molar-refractivity contribution in [1.29, 1.82) is 0 Å². The van der Waals surface area contributed by atoms with E-state index in [1.807, 2.05) is 23.5 Å². The lowest BCUT2D eigenvalue weighted by atomic mass is 9.84. The van der Waals surface area contributed by atoms with E-state index in [4.69, 9.17) is 11.6 Å². The van der Waals surface area contributed by atoms with Crippen LogP contribution in [0, 0.1) is 5.92 Å². The van der Waals surface area contributed by atoms with Crippen molar-refractivity contribution < 1.29 is 4.79 Å². The summed E-state index contributed by atoms with van der Waals surface area (Å²) in [5.74, 6) is 0.720. The largest absolute Gasteiger partial charge is 0.340 e. The molecule has 0 bridgehead atoms. The molecule has 4 rings (SSSR count). The first-order chi connectivity index (χ1) is 12.2. The third-order valence-electron chi connectivity index (χ3n) is 5.31. The van der Waals surface area contributed by atoms with Crippen LogP contribution in [0.15, 0.2) is 36.4 Å². The average molecular weight is 375 g/mol. The number of thiophene rings is 1. The van der Waals surface area contributed by atoms with Crippen molar-refractivity contribution in [2.75, 3.05) is 26.2 Å². The summed E-state index contributed by atoms with van der Waals surface area (Å²) < 4.78 is 0. The Morgan fingerprint density at radius 3 is 2.40 bits per heavy atom. The quantitative estimate of drug-likeness (QED) is 0.785. The monoisotopic (exact) mass is 374 g/mol. The van der Waals surface area contributed by atoms with Crippen molar-refractivity contribution in [3.63, 3.8) is 0 Å². The maximum atomic E-state index is 12.3. The van der Waals surface area contributed by atoms with Crippen LogP contribution >= 0.6 is 22.9 Å². The van der Waals surface area contributed by atoms with Gasteiger partial charge in [-0.15, -0.1) is 11.3 Å². The first kappa shape index (κ1) is 17.1. The van der Waals surface area contributed by atoms with Crippen molar-refractivity contribution in [3.8, 4) is 10.4 Å². The normalized spacial score (nSPS) is 19.0. The second-order valence-electron chi connectivity index (χ2n) is 7.00. The molecule has 132 valence electrons. The van der Waals surface area contributed by atoms with Gasteiger partial charge in [-0.25, -0.2) is 0 Å². The highest BCUT2D eigenvalue weighted by Gasteiger charge is 2.31. The predicted octanol–water partition coefficient (Wildman–Crippen LogP) is 4.51. The molecule has 2 aliphatic rings. The predicted molar refractivity (Wildman–Crippen MR) is 104 cm³/mol. The third-order valence-corrected chi connectivity index (χ3v) is 6.68. The van der Waals surface area contributed by atoms with E-state index < -0.39 is 0 Å². The van der Waals surface area contributed by atoms with E-state index in [1.54, 1.807) is 0 Å². The molecule has 2 fully saturated rings. The summed E-state index contributed by atoms with van der Waals surface area (Å²) in [5, 5.41) is 0.773. The lowest BCUT2D eigenvalue weighted by Gasteiger charge is -2.38. The summed E-state index contributed by atoms with van der Waals surface area (Å²) in [7, 11) is 0. The summed E-state index contributed by atoms with van der Waals surface area (Å²) in [6.45, 7) is 4.69. The Kier molecular flexibility index (Phi) is 5.11. The molecule has 1 saturated heterocycles. The standard InChI is InChI=1S/C20H23ClN2OS/c21-17-6-4-15(5-7-17)19-9-8-18(25-19)14-22-10-12-23(13-11-22)20(24)16-2-1-3-16/h4-9,16H,1-3,10-14H2. The van der Waals surface area contributed by atoms with Crippen LogP contribution in [0.4, 0.5) is 0 Å². The first-order valence-electron chi connectivity index (χ1n) is 9.05. The number of piperazine rings is 1. The average Bonchev–Trinajstić information content (AvgIpc) is 3.03. The van der Waals surface area contributed by atoms with Crippen LogP contribution < -0.4 is 0 Å². The van der Waals surface area contributed by atoms with E-state index in [9.17, 15) is 4.79 Å². The third kappa shape index (κ3) is 3.91. The highest BCUT2D eigenvalue weighted by atomic mass is 35.5. The van der Waals surface area contributed by atoms with E-state index in [0.29, 0.717) is 11.8 Å². The number of amides is 1. The Morgan fingerprint density at radius 2 is 1.76 bits per heavy atom. The molecule has 1 aliphatic carbocycles. The minimum Gasteiger partial charge on any atom is -0.340 e. The van der Waals surface area contributed by atoms with E-state index >= 15 is 0 Å². The minimum atomic E-state index is 0.325. The van der Waals surface area contributed by atoms with Crippen LogP contribution in [-0.4, -0.2) is 41.9 Å². The smallest absolute Gasteiger partial charge is 0.225 e. The van der Waals surface area contributed by atoms with Gasteiger partial charge in [-0.3, -0.25) is 9.69 Å². The molecule has 0 N–H and O–H groups in total. The maximum Gasteiger partial charge on any atom is 0.225 e. The Bertz CT molecular complexity index is 730. The van der Waals surface area contributed by atoms with Crippen molar-refractivity contribution in [2.45, 2.75) is 25.8 Å². The van der Waals surface area contributed by atoms with E-state index in [-0.39, 0.29) is 0 Å². The van der Waals surface area contributed by atoms with Crippen LogP contribution in [0.2, 0.25) is 5.02 Å². The van der Waals surface area contributed by atoms with Crippen LogP contribution in [0.25, 0.3) is 10.4 Å². The Balaban J connectivity index is 1.31. The van der Waals surface area contributed by atoms with Gasteiger partial charge in [0.05, 0.1) is 0 Å². The topological polar surface area (TPSA) is 23.6 Å². The van der Waals surface area contributed by atoms with Gasteiger partial charge in [0.2, 0.25) is 5.91 Å². The molecule has 1 amide bonds. The van der Waals surface area contributed by atoms with Crippen LogP contribution in [0.3, 0.4) is 0 Å². The molecule has 0 atom stereocenters. The van der Waals surface area contributed by atoms with Crippen LogP contribution in [0.1, 0.15) is 24.1 Å². The molecule has 3 nitrogen and oxygen atoms in total. The molecular formula is C20H23ClN2OS. The zero-order valence-corrected chi connectivity index (χ0v) is 15.9. The minimum absolute atomic E-state index is 0.325. The van der Waals surface area contributed by atoms with E-state index in [1.165, 1.54) is 21.7 Å². The second kappa shape index (κ2) is 7.48. The molecule has 0 radical (unpaired) electrons. The van der Waals surface area contributed by atoms with Crippen LogP contribution in [0.5, 0.6) is 0 Å². The number of halogens is 1. The number of rotatable bonds is 4. The molecule has 2 aromatic rings. The molecule has 5 heteroatoms. The summed E-state index contributed by atoms with van der Waals surface area (Å²) in [6.07, 6.45) is 3.42. The molecule has 1 saturated carbocycles. The number of carbonyl (C=O) groups excluding carboxylic acids is 1. The summed E-state index contributed by atoms with van der Waals surface area (Å²) in [5.41, 5.74) is 1.22. The van der Waals surface area contributed by atoms with Gasteiger partial charge >= 0.3 is 0 Å². The molecule has 2 heterocycles. The molecule has 0 spiro atoms. The molecule has 1 aromatic heterocycles. The number of benzene rings is 1. The molecule has 0 unspecified atom stereocenters.